The zero-order chi connectivity index (χ0) is 4.50. The van der Waals surface area contributed by atoms with Gasteiger partial charge in [-0.15, -0.1) is 0 Å². The van der Waals surface area contributed by atoms with E-state index in [0.29, 0.717) is 0 Å². The van der Waals surface area contributed by atoms with Crippen LogP contribution in [0.25, 0.3) is 0 Å². The molecule has 0 amide bonds. The Morgan fingerprint density at radius 1 is 0.800 bits per heavy atom. The quantitative estimate of drug-likeness (QED) is 0.420. The Morgan fingerprint density at radius 3 is 0.800 bits per heavy atom. The molecule has 0 N–H and O–H groups in total. The van der Waals surface area contributed by atoms with E-state index in [4.69, 9.17) is 0 Å². The third kappa shape index (κ3) is 34.4. The molecule has 0 saturated carbocycles. The van der Waals surface area contributed by atoms with Crippen molar-refractivity contribution in [3.05, 3.63) is 0 Å². The van der Waals surface area contributed by atoms with Crippen molar-refractivity contribution in [2.75, 3.05) is 0 Å². The van der Waals surface area contributed by atoms with Gasteiger partial charge in [0, 0.05) is 0 Å². The molecule has 0 nitrogen and oxygen atoms in total. The molecule has 0 atom stereocenters. The van der Waals surface area contributed by atoms with Crippen LogP contribution in [0.3, 0.4) is 0 Å². The van der Waals surface area contributed by atoms with Crippen LogP contribution in [0.1, 0.15) is 0 Å². The van der Waals surface area contributed by atoms with Crippen molar-refractivity contribution in [3.8, 4) is 0 Å². The first-order valence-electron chi connectivity index (χ1n) is 1.07. The number of hydrogen-bond acceptors (Lipinski definition) is 0. The molecule has 0 aromatic rings. The molecule has 0 saturated heterocycles. The number of rotatable bonds is 0. The molecule has 0 rings (SSSR count). The SMILES string of the molecule is [F][Ba]([F])([F])[F]. The minimum absolute atomic E-state index is 7.39. The van der Waals surface area contributed by atoms with Gasteiger partial charge in [0.05, 0.1) is 0 Å². The molecule has 0 heterocycles. The van der Waals surface area contributed by atoms with E-state index in [0.717, 1.165) is 0 Å². The van der Waals surface area contributed by atoms with Gasteiger partial charge in [0.25, 0.3) is 0 Å². The maximum atomic E-state index is 9.92. The Labute approximate surface area is 42.7 Å². The molecule has 0 aromatic heterocycles. The number of hydrogen-bond donors (Lipinski definition) is 0. The van der Waals surface area contributed by atoms with Gasteiger partial charge in [-0.3, -0.25) is 0 Å². The van der Waals surface area contributed by atoms with Crippen LogP contribution in [-0.4, -0.2) is 43.2 Å². The Bertz CT molecular complexity index is 19.1. The molecular weight excluding hydrogens is 213 g/mol. The number of halogens is 4. The molecule has 30 valence electrons. The van der Waals surface area contributed by atoms with E-state index in [1.54, 1.807) is 0 Å². The van der Waals surface area contributed by atoms with Gasteiger partial charge in [0.15, 0.2) is 0 Å². The van der Waals surface area contributed by atoms with Crippen LogP contribution in [0.15, 0.2) is 0 Å². The Balaban J connectivity index is 3.02. The summed E-state index contributed by atoms with van der Waals surface area (Å²) in [5.41, 5.74) is 0. The predicted molar refractivity (Wildman–Crippen MR) is 10.2 cm³/mol. The first kappa shape index (κ1) is 6.29. The van der Waals surface area contributed by atoms with Gasteiger partial charge in [0.1, 0.15) is 0 Å². The zero-order valence-corrected chi connectivity index (χ0v) is 6.66. The van der Waals surface area contributed by atoms with Crippen LogP contribution in [0.4, 0.5) is 0.334 Å². The standard InChI is InChI=1S/Ba.4FH/h;4*1H/q+4;;;;/p-4. The third-order valence-electron chi connectivity index (χ3n) is 0. The van der Waals surface area contributed by atoms with Crippen molar-refractivity contribution in [2.24, 2.45) is 0 Å². The second-order valence-corrected chi connectivity index (χ2v) is 4.41. The van der Waals surface area contributed by atoms with Gasteiger partial charge in [-0.1, -0.05) is 0 Å². The van der Waals surface area contributed by atoms with Crippen molar-refractivity contribution in [3.63, 3.8) is 0 Å². The zero-order valence-electron chi connectivity index (χ0n) is 2.22. The average Bonchev–Trinajstić information content (AvgIpc) is 0.722. The molecule has 0 bridgehead atoms. The molecule has 5 heavy (non-hydrogen) atoms. The van der Waals surface area contributed by atoms with Crippen LogP contribution in [-0.2, 0) is 0 Å². The summed E-state index contributed by atoms with van der Waals surface area (Å²) < 4.78 is 39.7. The van der Waals surface area contributed by atoms with Crippen LogP contribution in [0, 0.1) is 0 Å². The molecule has 0 aliphatic carbocycles. The van der Waals surface area contributed by atoms with Crippen LogP contribution < -0.4 is 0 Å². The Hall–Kier alpha value is 1.29. The van der Waals surface area contributed by atoms with E-state index in [2.05, 4.69) is 0 Å². The van der Waals surface area contributed by atoms with E-state index in [1.165, 1.54) is 0 Å². The summed E-state index contributed by atoms with van der Waals surface area (Å²) >= 11 is -7.39. The topological polar surface area (TPSA) is 0 Å². The predicted octanol–water partition coefficient (Wildman–Crippen LogP) is 1.30. The summed E-state index contributed by atoms with van der Waals surface area (Å²) in [4.78, 5) is 0. The molecule has 0 aliphatic heterocycles. The molecule has 0 unspecified atom stereocenters. The molecular formula is BaF4. The summed E-state index contributed by atoms with van der Waals surface area (Å²) in [6, 6.07) is 0. The van der Waals surface area contributed by atoms with E-state index < -0.39 is 43.2 Å². The van der Waals surface area contributed by atoms with E-state index >= 15 is 0 Å². The van der Waals surface area contributed by atoms with E-state index in [-0.39, 0.29) is 0 Å². The summed E-state index contributed by atoms with van der Waals surface area (Å²) in [7, 11) is 0. The Kier molecular flexibility index (Phi) is 2.31. The normalized spacial score (nSPS) is 12.0. The van der Waals surface area contributed by atoms with E-state index in [1.807, 2.05) is 0 Å². The second kappa shape index (κ2) is 1.83. The Morgan fingerprint density at radius 2 is 0.800 bits per heavy atom. The summed E-state index contributed by atoms with van der Waals surface area (Å²) in [6.07, 6.45) is 0. The monoisotopic (exact) mass is 214 g/mol. The average molecular weight is 213 g/mol. The fourth-order valence-corrected chi connectivity index (χ4v) is 0. The van der Waals surface area contributed by atoms with Gasteiger partial charge < -0.3 is 0 Å². The third-order valence-corrected chi connectivity index (χ3v) is 0. The van der Waals surface area contributed by atoms with Crippen LogP contribution >= 0.6 is 0 Å². The molecule has 0 aliphatic rings. The fourth-order valence-electron chi connectivity index (χ4n) is 0. The van der Waals surface area contributed by atoms with Crippen molar-refractivity contribution < 1.29 is 0.334 Å². The first-order valence-corrected chi connectivity index (χ1v) is 7.78. The van der Waals surface area contributed by atoms with Crippen molar-refractivity contribution in [1.82, 2.24) is 0 Å². The summed E-state index contributed by atoms with van der Waals surface area (Å²) in [5, 5.41) is 0. The van der Waals surface area contributed by atoms with Crippen molar-refractivity contribution in [2.45, 2.75) is 0 Å². The molecule has 0 fully saturated rings. The molecule has 0 aromatic carbocycles. The fraction of sp³-hybridized carbons (Fsp3) is 0. The van der Waals surface area contributed by atoms with Gasteiger partial charge in [-0.25, -0.2) is 0 Å². The maximum absolute atomic E-state index is 9.92. The molecule has 2 radical (unpaired) electrons. The van der Waals surface area contributed by atoms with E-state index in [9.17, 15) is 0.334 Å². The molecule has 0 spiro atoms. The first-order chi connectivity index (χ1) is 2.00. The van der Waals surface area contributed by atoms with Gasteiger partial charge in [-0.2, -0.15) is 0 Å². The van der Waals surface area contributed by atoms with Crippen LogP contribution in [0.2, 0.25) is 0 Å². The second-order valence-electron chi connectivity index (χ2n) is 0.606. The van der Waals surface area contributed by atoms with Gasteiger partial charge in [-0.05, 0) is 0 Å². The summed E-state index contributed by atoms with van der Waals surface area (Å²) in [6.45, 7) is 0. The van der Waals surface area contributed by atoms with Crippen molar-refractivity contribution in [1.29, 1.82) is 0 Å². The van der Waals surface area contributed by atoms with Crippen molar-refractivity contribution >= 4 is 43.2 Å². The minimum atomic E-state index is -7.39. The van der Waals surface area contributed by atoms with Crippen LogP contribution in [0.5, 0.6) is 0 Å². The van der Waals surface area contributed by atoms with Gasteiger partial charge in [0.2, 0.25) is 0 Å². The molecule has 5 heteroatoms. The summed E-state index contributed by atoms with van der Waals surface area (Å²) in [5.74, 6) is 0. The van der Waals surface area contributed by atoms with Gasteiger partial charge >= 0.3 is 43.5 Å².